The van der Waals surface area contributed by atoms with Crippen LogP contribution < -0.4 is 5.32 Å². The Hall–Kier alpha value is -1.66. The molecule has 2 rings (SSSR count). The second-order valence-electron chi connectivity index (χ2n) is 5.99. The molecule has 0 radical (unpaired) electrons. The number of carboxylic acids is 1. The van der Waals surface area contributed by atoms with Gasteiger partial charge in [-0.3, -0.25) is 4.79 Å². The van der Waals surface area contributed by atoms with Crippen molar-refractivity contribution in [1.29, 1.82) is 0 Å². The van der Waals surface area contributed by atoms with Crippen LogP contribution in [0, 0.1) is 0 Å². The normalized spacial score (nSPS) is 17.2. The third kappa shape index (κ3) is 4.24. The van der Waals surface area contributed by atoms with Crippen molar-refractivity contribution in [2.75, 3.05) is 13.2 Å². The summed E-state index contributed by atoms with van der Waals surface area (Å²) in [5, 5.41) is 12.0. The van der Waals surface area contributed by atoms with Gasteiger partial charge in [-0.25, -0.2) is 4.79 Å². The highest BCUT2D eigenvalue weighted by atomic mass is 79.9. The van der Waals surface area contributed by atoms with Gasteiger partial charge in [-0.1, -0.05) is 47.0 Å². The molecule has 24 heavy (non-hydrogen) atoms. The number of carboxylic acid groups (broad SMARTS) is 1. The van der Waals surface area contributed by atoms with E-state index in [9.17, 15) is 14.7 Å². The molecule has 1 fully saturated rings. The maximum absolute atomic E-state index is 12.9. The van der Waals surface area contributed by atoms with Gasteiger partial charge in [0.1, 0.15) is 0 Å². The first kappa shape index (κ1) is 18.7. The maximum atomic E-state index is 12.9. The van der Waals surface area contributed by atoms with Gasteiger partial charge in [-0.05, 0) is 30.5 Å². The molecule has 1 amide bonds. The van der Waals surface area contributed by atoms with Crippen LogP contribution in [0.2, 0.25) is 0 Å². The summed E-state index contributed by atoms with van der Waals surface area (Å²) in [5.41, 5.74) is 0.268. The molecule has 1 aliphatic carbocycles. The molecule has 6 heteroatoms. The van der Waals surface area contributed by atoms with E-state index < -0.39 is 17.4 Å². The lowest BCUT2D eigenvalue weighted by molar-refractivity contribution is -0.144. The van der Waals surface area contributed by atoms with Crippen LogP contribution in [-0.2, 0) is 19.7 Å². The first-order valence-corrected chi connectivity index (χ1v) is 8.77. The lowest BCUT2D eigenvalue weighted by Gasteiger charge is -2.30. The average Bonchev–Trinajstić information content (AvgIpc) is 3.05. The summed E-state index contributed by atoms with van der Waals surface area (Å²) >= 11 is 3.40. The zero-order chi connectivity index (χ0) is 17.6. The monoisotopic (exact) mass is 395 g/mol. The Bertz CT molecular complexity index is 594. The number of nitrogens with one attached hydrogen (secondary N) is 1. The van der Waals surface area contributed by atoms with Gasteiger partial charge in [0.15, 0.2) is 6.04 Å². The van der Waals surface area contributed by atoms with Crippen molar-refractivity contribution in [3.63, 3.8) is 0 Å². The number of rotatable bonds is 8. The molecule has 1 atom stereocenters. The van der Waals surface area contributed by atoms with E-state index >= 15 is 0 Å². The molecule has 1 unspecified atom stereocenters. The van der Waals surface area contributed by atoms with E-state index in [4.69, 9.17) is 4.74 Å². The van der Waals surface area contributed by atoms with Crippen molar-refractivity contribution in [2.24, 2.45) is 0 Å². The predicted octanol–water partition coefficient (Wildman–Crippen LogP) is 3.03. The maximum Gasteiger partial charge on any atom is 0.328 e. The molecule has 0 aromatic heterocycles. The van der Waals surface area contributed by atoms with Gasteiger partial charge in [0, 0.05) is 4.47 Å². The number of aliphatic carboxylic acids is 1. The highest BCUT2D eigenvalue weighted by molar-refractivity contribution is 9.10. The molecule has 2 N–H and O–H groups in total. The number of hydrogen-bond donors (Lipinski definition) is 2. The molecule has 0 saturated heterocycles. The van der Waals surface area contributed by atoms with Crippen LogP contribution in [0.1, 0.15) is 31.2 Å². The van der Waals surface area contributed by atoms with Crippen LogP contribution in [0.3, 0.4) is 0 Å². The Labute approximate surface area is 150 Å². The Balaban J connectivity index is 2.17. The molecule has 5 nitrogen and oxygen atoms in total. The lowest BCUT2D eigenvalue weighted by Crippen LogP contribution is -2.51. The third-order valence-corrected chi connectivity index (χ3v) is 4.94. The topological polar surface area (TPSA) is 75.6 Å². The summed E-state index contributed by atoms with van der Waals surface area (Å²) in [6.45, 7) is 3.69. The van der Waals surface area contributed by atoms with Crippen molar-refractivity contribution in [1.82, 2.24) is 5.32 Å². The van der Waals surface area contributed by atoms with E-state index in [1.54, 1.807) is 6.08 Å². The van der Waals surface area contributed by atoms with Crippen LogP contribution in [0.15, 0.2) is 41.4 Å². The van der Waals surface area contributed by atoms with E-state index in [-0.39, 0.29) is 19.1 Å². The third-order valence-electron chi connectivity index (χ3n) is 4.41. The molecule has 0 aliphatic heterocycles. The molecule has 1 aliphatic rings. The number of amides is 1. The SMILES string of the molecule is C=CCOCC(NC(=O)C1(c2ccc(Br)cc2)CCCC1)C(=O)O. The molecule has 1 aromatic rings. The fraction of sp³-hybridized carbons (Fsp3) is 0.444. The number of carbonyl (C=O) groups is 2. The predicted molar refractivity (Wildman–Crippen MR) is 94.9 cm³/mol. The Morgan fingerprint density at radius 2 is 1.96 bits per heavy atom. The van der Waals surface area contributed by atoms with Gasteiger partial charge in [0.05, 0.1) is 18.6 Å². The zero-order valence-corrected chi connectivity index (χ0v) is 15.0. The summed E-state index contributed by atoms with van der Waals surface area (Å²) in [6, 6.07) is 6.61. The lowest BCUT2D eigenvalue weighted by atomic mass is 9.78. The number of hydrogen-bond acceptors (Lipinski definition) is 3. The highest BCUT2D eigenvalue weighted by Crippen LogP contribution is 2.41. The molecule has 1 saturated carbocycles. The largest absolute Gasteiger partial charge is 0.480 e. The van der Waals surface area contributed by atoms with Crippen molar-refractivity contribution in [3.05, 3.63) is 47.0 Å². The highest BCUT2D eigenvalue weighted by Gasteiger charge is 2.43. The Morgan fingerprint density at radius 1 is 1.33 bits per heavy atom. The van der Waals surface area contributed by atoms with Gasteiger partial charge in [0.2, 0.25) is 5.91 Å². The van der Waals surface area contributed by atoms with Gasteiger partial charge in [0.25, 0.3) is 0 Å². The van der Waals surface area contributed by atoms with Crippen LogP contribution in [0.25, 0.3) is 0 Å². The molecular weight excluding hydrogens is 374 g/mol. The number of benzene rings is 1. The van der Waals surface area contributed by atoms with E-state index in [1.807, 2.05) is 24.3 Å². The summed E-state index contributed by atoms with van der Waals surface area (Å²) in [7, 11) is 0. The van der Waals surface area contributed by atoms with E-state index in [0.29, 0.717) is 0 Å². The van der Waals surface area contributed by atoms with Gasteiger partial charge in [-0.15, -0.1) is 6.58 Å². The van der Waals surface area contributed by atoms with Crippen LogP contribution in [-0.4, -0.2) is 36.2 Å². The standard InChI is InChI=1S/C18H22BrNO4/c1-2-11-24-12-15(16(21)22)20-17(23)18(9-3-4-10-18)13-5-7-14(19)8-6-13/h2,5-8,15H,1,3-4,9-12H2,(H,20,23)(H,21,22). The Morgan fingerprint density at radius 3 is 2.50 bits per heavy atom. The molecule has 0 heterocycles. The summed E-state index contributed by atoms with van der Waals surface area (Å²) in [6.07, 6.45) is 4.89. The van der Waals surface area contributed by atoms with E-state index in [1.165, 1.54) is 0 Å². The first-order chi connectivity index (χ1) is 11.5. The van der Waals surface area contributed by atoms with Crippen molar-refractivity contribution in [3.8, 4) is 0 Å². The van der Waals surface area contributed by atoms with E-state index in [2.05, 4.69) is 27.8 Å². The first-order valence-electron chi connectivity index (χ1n) is 7.98. The number of halogens is 1. The Kier molecular flexibility index (Phi) is 6.57. The minimum atomic E-state index is -1.10. The second-order valence-corrected chi connectivity index (χ2v) is 6.90. The molecular formula is C18H22BrNO4. The molecule has 0 spiro atoms. The minimum Gasteiger partial charge on any atom is -0.480 e. The summed E-state index contributed by atoms with van der Waals surface area (Å²) in [5.74, 6) is -1.34. The van der Waals surface area contributed by atoms with Gasteiger partial charge < -0.3 is 15.2 Å². The number of ether oxygens (including phenoxy) is 1. The van der Waals surface area contributed by atoms with Gasteiger partial charge >= 0.3 is 5.97 Å². The summed E-state index contributed by atoms with van der Waals surface area (Å²) in [4.78, 5) is 24.3. The quantitative estimate of drug-likeness (QED) is 0.523. The number of carbonyl (C=O) groups excluding carboxylic acids is 1. The van der Waals surface area contributed by atoms with Crippen LogP contribution in [0.4, 0.5) is 0 Å². The van der Waals surface area contributed by atoms with Gasteiger partial charge in [-0.2, -0.15) is 0 Å². The minimum absolute atomic E-state index is 0.0799. The van der Waals surface area contributed by atoms with Crippen LogP contribution >= 0.6 is 15.9 Å². The molecule has 130 valence electrons. The molecule has 1 aromatic carbocycles. The van der Waals surface area contributed by atoms with E-state index in [0.717, 1.165) is 35.7 Å². The van der Waals surface area contributed by atoms with Crippen molar-refractivity contribution < 1.29 is 19.4 Å². The second kappa shape index (κ2) is 8.44. The zero-order valence-electron chi connectivity index (χ0n) is 13.5. The fourth-order valence-electron chi connectivity index (χ4n) is 3.13. The smallest absolute Gasteiger partial charge is 0.328 e. The summed E-state index contributed by atoms with van der Waals surface area (Å²) < 4.78 is 6.15. The van der Waals surface area contributed by atoms with Crippen LogP contribution in [0.5, 0.6) is 0 Å². The fourth-order valence-corrected chi connectivity index (χ4v) is 3.40. The van der Waals surface area contributed by atoms with Crippen molar-refractivity contribution >= 4 is 27.8 Å². The molecule has 0 bridgehead atoms. The average molecular weight is 396 g/mol. The van der Waals surface area contributed by atoms with Crippen molar-refractivity contribution in [2.45, 2.75) is 37.1 Å².